The molecule has 8 heteroatoms. The van der Waals surface area contributed by atoms with E-state index < -0.39 is 35.7 Å². The highest BCUT2D eigenvalue weighted by molar-refractivity contribution is 5.89. The molecule has 1 aromatic carbocycles. The molecule has 0 heterocycles. The molecule has 0 aliphatic rings. The molecule has 0 unspecified atom stereocenters. The van der Waals surface area contributed by atoms with Gasteiger partial charge in [0.2, 0.25) is 5.91 Å². The molecule has 0 aliphatic heterocycles. The Kier molecular flexibility index (Phi) is 6.32. The number of amides is 2. The molecular formula is C15H17F3N2O3. The molecule has 5 nitrogen and oxygen atoms in total. The van der Waals surface area contributed by atoms with Gasteiger partial charge in [0.15, 0.2) is 6.10 Å². The van der Waals surface area contributed by atoms with Crippen LogP contribution < -0.4 is 11.1 Å². The molecule has 2 atom stereocenters. The lowest BCUT2D eigenvalue weighted by molar-refractivity contribution is -0.137. The number of carbonyl (C=O) groups excluding carboxylic acids is 2. The van der Waals surface area contributed by atoms with E-state index in [4.69, 9.17) is 5.73 Å². The van der Waals surface area contributed by atoms with Gasteiger partial charge in [-0.15, -0.1) is 6.58 Å². The molecule has 0 aliphatic carbocycles. The summed E-state index contributed by atoms with van der Waals surface area (Å²) < 4.78 is 37.4. The van der Waals surface area contributed by atoms with Crippen LogP contribution in [-0.4, -0.2) is 23.0 Å². The van der Waals surface area contributed by atoms with Crippen molar-refractivity contribution in [2.24, 2.45) is 5.73 Å². The number of hydrogen-bond acceptors (Lipinski definition) is 3. The van der Waals surface area contributed by atoms with Crippen molar-refractivity contribution in [1.82, 2.24) is 5.32 Å². The molecule has 0 saturated heterocycles. The number of nitrogens with one attached hydrogen (secondary N) is 1. The first-order valence-corrected chi connectivity index (χ1v) is 6.72. The van der Waals surface area contributed by atoms with Gasteiger partial charge in [-0.25, -0.2) is 0 Å². The topological polar surface area (TPSA) is 92.4 Å². The van der Waals surface area contributed by atoms with Crippen LogP contribution in [0.2, 0.25) is 0 Å². The second-order valence-corrected chi connectivity index (χ2v) is 4.85. The van der Waals surface area contributed by atoms with E-state index in [0.717, 1.165) is 24.3 Å². The van der Waals surface area contributed by atoms with Gasteiger partial charge in [-0.05, 0) is 30.5 Å². The zero-order valence-electron chi connectivity index (χ0n) is 12.1. The Balaban J connectivity index is 2.79. The Labute approximate surface area is 131 Å². The van der Waals surface area contributed by atoms with E-state index in [1.165, 1.54) is 6.08 Å². The van der Waals surface area contributed by atoms with Crippen molar-refractivity contribution >= 4 is 11.8 Å². The van der Waals surface area contributed by atoms with Gasteiger partial charge in [0.25, 0.3) is 5.91 Å². The minimum atomic E-state index is -4.51. The monoisotopic (exact) mass is 330 g/mol. The Bertz CT molecular complexity index is 570. The third kappa shape index (κ3) is 5.41. The minimum Gasteiger partial charge on any atom is -0.378 e. The number of nitrogens with two attached hydrogens (primary N) is 1. The van der Waals surface area contributed by atoms with Crippen molar-refractivity contribution in [2.75, 3.05) is 0 Å². The molecule has 0 aromatic heterocycles. The first-order valence-electron chi connectivity index (χ1n) is 6.72. The van der Waals surface area contributed by atoms with Crippen LogP contribution in [0, 0.1) is 0 Å². The largest absolute Gasteiger partial charge is 0.416 e. The first-order chi connectivity index (χ1) is 10.7. The van der Waals surface area contributed by atoms with Gasteiger partial charge < -0.3 is 16.2 Å². The van der Waals surface area contributed by atoms with Gasteiger partial charge in [-0.1, -0.05) is 18.2 Å². The maximum atomic E-state index is 12.5. The average Bonchev–Trinajstić information content (AvgIpc) is 2.49. The van der Waals surface area contributed by atoms with Gasteiger partial charge in [0.05, 0.1) is 5.56 Å². The van der Waals surface area contributed by atoms with Crippen molar-refractivity contribution in [3.63, 3.8) is 0 Å². The van der Waals surface area contributed by atoms with Crippen LogP contribution >= 0.6 is 0 Å². The summed E-state index contributed by atoms with van der Waals surface area (Å²) in [5, 5.41) is 12.1. The number of halogens is 3. The van der Waals surface area contributed by atoms with Crippen molar-refractivity contribution in [2.45, 2.75) is 31.2 Å². The molecule has 0 saturated carbocycles. The van der Waals surface area contributed by atoms with Crippen molar-refractivity contribution in [3.8, 4) is 0 Å². The second kappa shape index (κ2) is 7.77. The molecule has 0 fully saturated rings. The van der Waals surface area contributed by atoms with Crippen LogP contribution in [-0.2, 0) is 15.8 Å². The number of hydrogen-bond donors (Lipinski definition) is 3. The summed E-state index contributed by atoms with van der Waals surface area (Å²) >= 11 is 0. The van der Waals surface area contributed by atoms with Crippen LogP contribution in [0.4, 0.5) is 13.2 Å². The molecule has 126 valence electrons. The van der Waals surface area contributed by atoms with Crippen LogP contribution in [0.3, 0.4) is 0 Å². The number of primary amides is 1. The van der Waals surface area contributed by atoms with E-state index >= 15 is 0 Å². The van der Waals surface area contributed by atoms with Gasteiger partial charge in [-0.3, -0.25) is 9.59 Å². The van der Waals surface area contributed by atoms with Crippen molar-refractivity contribution in [3.05, 3.63) is 48.0 Å². The molecule has 0 radical (unpaired) electrons. The number of aliphatic hydroxyl groups excluding tert-OH is 1. The zero-order valence-corrected chi connectivity index (χ0v) is 12.1. The van der Waals surface area contributed by atoms with Gasteiger partial charge in [0, 0.05) is 0 Å². The minimum absolute atomic E-state index is 0.0255. The van der Waals surface area contributed by atoms with Crippen molar-refractivity contribution < 1.29 is 27.9 Å². The summed E-state index contributed by atoms with van der Waals surface area (Å²) in [6.45, 7) is 3.48. The number of aliphatic hydroxyl groups is 1. The Morgan fingerprint density at radius 2 is 1.87 bits per heavy atom. The fourth-order valence-corrected chi connectivity index (χ4v) is 1.83. The third-order valence-corrected chi connectivity index (χ3v) is 3.12. The third-order valence-electron chi connectivity index (χ3n) is 3.12. The highest BCUT2D eigenvalue weighted by Gasteiger charge is 2.31. The maximum Gasteiger partial charge on any atom is 0.416 e. The van der Waals surface area contributed by atoms with E-state index in [1.54, 1.807) is 0 Å². The lowest BCUT2D eigenvalue weighted by atomic mass is 10.0. The highest BCUT2D eigenvalue weighted by atomic mass is 19.4. The van der Waals surface area contributed by atoms with Crippen LogP contribution in [0.15, 0.2) is 36.9 Å². The lowest BCUT2D eigenvalue weighted by Crippen LogP contribution is -2.46. The predicted octanol–water partition coefficient (Wildman–Crippen LogP) is 1.68. The van der Waals surface area contributed by atoms with Gasteiger partial charge in [0.1, 0.15) is 6.04 Å². The summed E-state index contributed by atoms with van der Waals surface area (Å²) in [7, 11) is 0. The molecule has 4 N–H and O–H groups in total. The van der Waals surface area contributed by atoms with Crippen LogP contribution in [0.25, 0.3) is 0 Å². The fourth-order valence-electron chi connectivity index (χ4n) is 1.83. The average molecular weight is 330 g/mol. The van der Waals surface area contributed by atoms with E-state index in [2.05, 4.69) is 11.9 Å². The van der Waals surface area contributed by atoms with Crippen molar-refractivity contribution in [1.29, 1.82) is 0 Å². The fraction of sp³-hybridized carbons (Fsp3) is 0.333. The van der Waals surface area contributed by atoms with Gasteiger partial charge >= 0.3 is 6.18 Å². The highest BCUT2D eigenvalue weighted by Crippen LogP contribution is 2.29. The molecular weight excluding hydrogens is 313 g/mol. The van der Waals surface area contributed by atoms with E-state index in [1.807, 2.05) is 0 Å². The summed E-state index contributed by atoms with van der Waals surface area (Å²) in [4.78, 5) is 23.1. The summed E-state index contributed by atoms with van der Waals surface area (Å²) in [6.07, 6.45) is -4.04. The normalized spacial score (nSPS) is 13.9. The standard InChI is InChI=1S/C15H17F3N2O3/c1-2-3-4-11(13(19)22)20-14(23)12(21)9-5-7-10(8-6-9)15(16,17)18/h2,5-8,11-12,21H,1,3-4H2,(H2,19,22)(H,20,23)/t11-,12+/m1/s1. The predicted molar refractivity (Wildman–Crippen MR) is 77.0 cm³/mol. The number of benzene rings is 1. The summed E-state index contributed by atoms with van der Waals surface area (Å²) in [5.74, 6) is -1.70. The lowest BCUT2D eigenvalue weighted by Gasteiger charge is -2.18. The van der Waals surface area contributed by atoms with E-state index in [0.29, 0.717) is 6.42 Å². The smallest absolute Gasteiger partial charge is 0.378 e. The molecule has 0 spiro atoms. The maximum absolute atomic E-state index is 12.5. The number of alkyl halides is 3. The Hall–Kier alpha value is -2.35. The molecule has 1 aromatic rings. The number of rotatable bonds is 7. The Morgan fingerprint density at radius 3 is 2.30 bits per heavy atom. The second-order valence-electron chi connectivity index (χ2n) is 4.85. The molecule has 2 amide bonds. The molecule has 1 rings (SSSR count). The Morgan fingerprint density at radius 1 is 1.30 bits per heavy atom. The summed E-state index contributed by atoms with van der Waals surface area (Å²) in [5.41, 5.74) is 4.22. The van der Waals surface area contributed by atoms with Gasteiger partial charge in [-0.2, -0.15) is 13.2 Å². The summed E-state index contributed by atoms with van der Waals surface area (Å²) in [6, 6.07) is 2.51. The van der Waals surface area contributed by atoms with Crippen LogP contribution in [0.1, 0.15) is 30.1 Å². The number of carbonyl (C=O) groups is 2. The van der Waals surface area contributed by atoms with E-state index in [9.17, 15) is 27.9 Å². The molecule has 23 heavy (non-hydrogen) atoms. The molecule has 0 bridgehead atoms. The van der Waals surface area contributed by atoms with Crippen LogP contribution in [0.5, 0.6) is 0 Å². The number of allylic oxidation sites excluding steroid dienone is 1. The van der Waals surface area contributed by atoms with E-state index in [-0.39, 0.29) is 12.0 Å². The first kappa shape index (κ1) is 18.7. The quantitative estimate of drug-likeness (QED) is 0.664. The SMILES string of the molecule is C=CCC[C@@H](NC(=O)[C@@H](O)c1ccc(C(F)(F)F)cc1)C(N)=O. The zero-order chi connectivity index (χ0) is 17.6.